The molecule has 0 spiro atoms. The number of nitrogens with one attached hydrogen (secondary N) is 1. The molecule has 0 saturated carbocycles. The summed E-state index contributed by atoms with van der Waals surface area (Å²) >= 11 is 1.65. The van der Waals surface area contributed by atoms with Gasteiger partial charge in [0.1, 0.15) is 0 Å². The van der Waals surface area contributed by atoms with Crippen LogP contribution in [-0.4, -0.2) is 45.5 Å². The molecule has 5 nitrogen and oxygen atoms in total. The van der Waals surface area contributed by atoms with Gasteiger partial charge >= 0.3 is 0 Å². The van der Waals surface area contributed by atoms with Gasteiger partial charge in [-0.15, -0.1) is 0 Å². The molecular formula is C16H21N3O2S. The third kappa shape index (κ3) is 4.35. The average Bonchev–Trinajstić information content (AvgIpc) is 2.94. The molecule has 0 aliphatic carbocycles. The first-order chi connectivity index (χ1) is 10.6. The lowest BCUT2D eigenvalue weighted by molar-refractivity contribution is 0.0935. The van der Waals surface area contributed by atoms with Gasteiger partial charge in [-0.2, -0.15) is 16.9 Å². The predicted octanol–water partition coefficient (Wildman–Crippen LogP) is 2.02. The van der Waals surface area contributed by atoms with E-state index < -0.39 is 0 Å². The second kappa shape index (κ2) is 8.00. The molecule has 1 aromatic carbocycles. The standard InChI is InChI=1S/C16H21N3O2S/c1-12-9-17-19(10-12)15-5-3-13(4-6-15)16(21)18-14(7-8-20)11-22-2/h3-6,9-10,14,20H,7-8,11H2,1-2H3,(H,18,21). The molecule has 0 radical (unpaired) electrons. The number of aryl methyl sites for hydroxylation is 1. The van der Waals surface area contributed by atoms with E-state index in [1.807, 2.05) is 31.5 Å². The number of aliphatic hydroxyl groups excluding tert-OH is 1. The minimum absolute atomic E-state index is 0.0130. The molecule has 1 heterocycles. The van der Waals surface area contributed by atoms with Crippen molar-refractivity contribution in [2.45, 2.75) is 19.4 Å². The summed E-state index contributed by atoms with van der Waals surface area (Å²) in [6.07, 6.45) is 6.28. The molecule has 0 aliphatic heterocycles. The zero-order valence-corrected chi connectivity index (χ0v) is 13.6. The largest absolute Gasteiger partial charge is 0.396 e. The maximum Gasteiger partial charge on any atom is 0.251 e. The maximum atomic E-state index is 12.2. The lowest BCUT2D eigenvalue weighted by Gasteiger charge is -2.16. The molecule has 2 rings (SSSR count). The van der Waals surface area contributed by atoms with Crippen LogP contribution in [-0.2, 0) is 0 Å². The van der Waals surface area contributed by atoms with Gasteiger partial charge in [0, 0.05) is 30.2 Å². The van der Waals surface area contributed by atoms with Crippen molar-refractivity contribution in [2.75, 3.05) is 18.6 Å². The Labute approximate surface area is 134 Å². The summed E-state index contributed by atoms with van der Waals surface area (Å²) in [4.78, 5) is 12.2. The van der Waals surface area contributed by atoms with Crippen molar-refractivity contribution in [3.63, 3.8) is 0 Å². The SMILES string of the molecule is CSCC(CCO)NC(=O)c1ccc(-n2cc(C)cn2)cc1. The van der Waals surface area contributed by atoms with Gasteiger partial charge in [0.25, 0.3) is 5.91 Å². The molecule has 2 N–H and O–H groups in total. The van der Waals surface area contributed by atoms with E-state index >= 15 is 0 Å². The van der Waals surface area contributed by atoms with Gasteiger partial charge in [0.05, 0.1) is 11.9 Å². The fraction of sp³-hybridized carbons (Fsp3) is 0.375. The first-order valence-electron chi connectivity index (χ1n) is 7.16. The molecular weight excluding hydrogens is 298 g/mol. The molecule has 6 heteroatoms. The Bertz CT molecular complexity index is 604. The van der Waals surface area contributed by atoms with Gasteiger partial charge in [0.15, 0.2) is 0 Å². The molecule has 0 saturated heterocycles. The number of hydrogen-bond acceptors (Lipinski definition) is 4. The van der Waals surface area contributed by atoms with Gasteiger partial charge < -0.3 is 10.4 Å². The summed E-state index contributed by atoms with van der Waals surface area (Å²) in [5.41, 5.74) is 2.61. The van der Waals surface area contributed by atoms with E-state index in [4.69, 9.17) is 5.11 Å². The average molecular weight is 319 g/mol. The minimum atomic E-state index is -0.115. The second-order valence-corrected chi connectivity index (χ2v) is 6.06. The van der Waals surface area contributed by atoms with Crippen LogP contribution in [0.25, 0.3) is 5.69 Å². The van der Waals surface area contributed by atoms with Gasteiger partial charge in [-0.1, -0.05) is 0 Å². The highest BCUT2D eigenvalue weighted by atomic mass is 32.2. The third-order valence-corrected chi connectivity index (χ3v) is 4.02. The first-order valence-corrected chi connectivity index (χ1v) is 8.56. The van der Waals surface area contributed by atoms with E-state index in [1.165, 1.54) is 0 Å². The van der Waals surface area contributed by atoms with Crippen molar-refractivity contribution in [1.29, 1.82) is 0 Å². The van der Waals surface area contributed by atoms with Gasteiger partial charge in [-0.25, -0.2) is 4.68 Å². The topological polar surface area (TPSA) is 67.2 Å². The van der Waals surface area contributed by atoms with Crippen molar-refractivity contribution in [2.24, 2.45) is 0 Å². The fourth-order valence-electron chi connectivity index (χ4n) is 2.14. The summed E-state index contributed by atoms with van der Waals surface area (Å²) in [6.45, 7) is 2.06. The smallest absolute Gasteiger partial charge is 0.251 e. The number of hydrogen-bond donors (Lipinski definition) is 2. The molecule has 0 bridgehead atoms. The highest BCUT2D eigenvalue weighted by Crippen LogP contribution is 2.11. The number of carbonyl (C=O) groups excluding carboxylic acids is 1. The molecule has 1 aromatic heterocycles. The van der Waals surface area contributed by atoms with Crippen LogP contribution in [0.15, 0.2) is 36.7 Å². The second-order valence-electron chi connectivity index (χ2n) is 5.15. The normalized spacial score (nSPS) is 12.1. The number of benzene rings is 1. The third-order valence-electron chi connectivity index (χ3n) is 3.29. The zero-order chi connectivity index (χ0) is 15.9. The van der Waals surface area contributed by atoms with Crippen LogP contribution in [0, 0.1) is 6.92 Å². The molecule has 22 heavy (non-hydrogen) atoms. The summed E-state index contributed by atoms with van der Waals surface area (Å²) in [5.74, 6) is 0.674. The molecule has 1 unspecified atom stereocenters. The Balaban J connectivity index is 2.04. The number of carbonyl (C=O) groups is 1. The minimum Gasteiger partial charge on any atom is -0.396 e. The number of rotatable bonds is 7. The Morgan fingerprint density at radius 1 is 1.41 bits per heavy atom. The summed E-state index contributed by atoms with van der Waals surface area (Å²) in [5, 5.41) is 16.2. The lowest BCUT2D eigenvalue weighted by Crippen LogP contribution is -2.37. The molecule has 1 atom stereocenters. The number of thioether (sulfide) groups is 1. The quantitative estimate of drug-likeness (QED) is 0.819. The number of amides is 1. The summed E-state index contributed by atoms with van der Waals surface area (Å²) in [6, 6.07) is 7.31. The van der Waals surface area contributed by atoms with Crippen molar-refractivity contribution < 1.29 is 9.90 Å². The van der Waals surface area contributed by atoms with Crippen LogP contribution in [0.2, 0.25) is 0 Å². The van der Waals surface area contributed by atoms with Gasteiger partial charge in [0.2, 0.25) is 0 Å². The predicted molar refractivity (Wildman–Crippen MR) is 89.6 cm³/mol. The van der Waals surface area contributed by atoms with E-state index in [2.05, 4.69) is 10.4 Å². The van der Waals surface area contributed by atoms with Crippen molar-refractivity contribution >= 4 is 17.7 Å². The molecule has 0 fully saturated rings. The van der Waals surface area contributed by atoms with E-state index in [1.54, 1.807) is 34.8 Å². The van der Waals surface area contributed by atoms with E-state index in [0.29, 0.717) is 12.0 Å². The molecule has 2 aromatic rings. The number of nitrogens with zero attached hydrogens (tertiary/aromatic N) is 2. The van der Waals surface area contributed by atoms with E-state index in [0.717, 1.165) is 17.0 Å². The summed E-state index contributed by atoms with van der Waals surface area (Å²) in [7, 11) is 0. The van der Waals surface area contributed by atoms with E-state index in [9.17, 15) is 4.79 Å². The molecule has 1 amide bonds. The lowest BCUT2D eigenvalue weighted by atomic mass is 10.1. The van der Waals surface area contributed by atoms with Crippen LogP contribution >= 0.6 is 11.8 Å². The van der Waals surface area contributed by atoms with Gasteiger partial charge in [-0.3, -0.25) is 4.79 Å². The number of aromatic nitrogens is 2. The van der Waals surface area contributed by atoms with Crippen LogP contribution in [0.1, 0.15) is 22.3 Å². The highest BCUT2D eigenvalue weighted by Gasteiger charge is 2.13. The van der Waals surface area contributed by atoms with Crippen LogP contribution in [0.5, 0.6) is 0 Å². The van der Waals surface area contributed by atoms with Crippen LogP contribution in [0.3, 0.4) is 0 Å². The molecule has 0 aliphatic rings. The van der Waals surface area contributed by atoms with Crippen LogP contribution in [0.4, 0.5) is 0 Å². The first kappa shape index (κ1) is 16.6. The zero-order valence-electron chi connectivity index (χ0n) is 12.8. The maximum absolute atomic E-state index is 12.2. The summed E-state index contributed by atoms with van der Waals surface area (Å²) < 4.78 is 1.78. The Morgan fingerprint density at radius 3 is 2.68 bits per heavy atom. The Hall–Kier alpha value is -1.79. The van der Waals surface area contributed by atoms with Crippen molar-refractivity contribution in [1.82, 2.24) is 15.1 Å². The van der Waals surface area contributed by atoms with Crippen LogP contribution < -0.4 is 5.32 Å². The monoisotopic (exact) mass is 319 g/mol. The van der Waals surface area contributed by atoms with Crippen molar-refractivity contribution in [3.05, 3.63) is 47.8 Å². The highest BCUT2D eigenvalue weighted by molar-refractivity contribution is 7.98. The van der Waals surface area contributed by atoms with Crippen molar-refractivity contribution in [3.8, 4) is 5.69 Å². The Morgan fingerprint density at radius 2 is 2.14 bits per heavy atom. The molecule has 118 valence electrons. The Kier molecular flexibility index (Phi) is 6.03. The number of aliphatic hydroxyl groups is 1. The fourth-order valence-corrected chi connectivity index (χ4v) is 2.79. The van der Waals surface area contributed by atoms with E-state index in [-0.39, 0.29) is 18.6 Å². The van der Waals surface area contributed by atoms with Gasteiger partial charge in [-0.05, 0) is 49.4 Å².